The third-order valence-corrected chi connectivity index (χ3v) is 5.66. The zero-order chi connectivity index (χ0) is 21.9. The van der Waals surface area contributed by atoms with Crippen molar-refractivity contribution in [3.63, 3.8) is 0 Å². The monoisotopic (exact) mass is 432 g/mol. The Bertz CT molecular complexity index is 1220. The highest BCUT2D eigenvalue weighted by Crippen LogP contribution is 2.24. The lowest BCUT2D eigenvalue weighted by Crippen LogP contribution is -2.45. The van der Waals surface area contributed by atoms with Crippen molar-refractivity contribution in [2.75, 3.05) is 33.4 Å². The van der Waals surface area contributed by atoms with Gasteiger partial charge in [-0.1, -0.05) is 23.4 Å². The van der Waals surface area contributed by atoms with Gasteiger partial charge in [0.15, 0.2) is 0 Å². The van der Waals surface area contributed by atoms with Gasteiger partial charge in [-0.2, -0.15) is 5.10 Å². The Morgan fingerprint density at radius 2 is 2.06 bits per heavy atom. The first-order valence-electron chi connectivity index (χ1n) is 10.6. The third-order valence-electron chi connectivity index (χ3n) is 5.66. The summed E-state index contributed by atoms with van der Waals surface area (Å²) in [5.41, 5.74) is 3.85. The highest BCUT2D eigenvalue weighted by molar-refractivity contribution is 5.94. The number of carbonyl (C=O) groups is 1. The van der Waals surface area contributed by atoms with Crippen LogP contribution in [0.25, 0.3) is 28.0 Å². The van der Waals surface area contributed by atoms with E-state index in [0.29, 0.717) is 37.6 Å². The lowest BCUT2D eigenvalue weighted by atomic mass is 10.1. The zero-order valence-electron chi connectivity index (χ0n) is 17.8. The van der Waals surface area contributed by atoms with Crippen molar-refractivity contribution in [2.45, 2.75) is 12.5 Å². The Balaban J connectivity index is 1.30. The van der Waals surface area contributed by atoms with Crippen molar-refractivity contribution in [1.29, 1.82) is 0 Å². The summed E-state index contributed by atoms with van der Waals surface area (Å²) >= 11 is 0. The van der Waals surface area contributed by atoms with Gasteiger partial charge >= 0.3 is 0 Å². The molecule has 32 heavy (non-hydrogen) atoms. The van der Waals surface area contributed by atoms with E-state index in [4.69, 9.17) is 9.47 Å². The average molecular weight is 432 g/mol. The Morgan fingerprint density at radius 3 is 2.91 bits per heavy atom. The minimum atomic E-state index is 0.00420. The van der Waals surface area contributed by atoms with Crippen molar-refractivity contribution in [1.82, 2.24) is 30.1 Å². The predicted octanol–water partition coefficient (Wildman–Crippen LogP) is 2.69. The van der Waals surface area contributed by atoms with Crippen molar-refractivity contribution in [2.24, 2.45) is 0 Å². The normalized spacial score (nSPS) is 16.5. The molecule has 164 valence electrons. The molecule has 1 amide bonds. The van der Waals surface area contributed by atoms with Crippen LogP contribution in [-0.2, 0) is 9.47 Å². The van der Waals surface area contributed by atoms with Gasteiger partial charge in [-0.3, -0.25) is 9.89 Å². The quantitative estimate of drug-likeness (QED) is 0.503. The highest BCUT2D eigenvalue weighted by atomic mass is 16.5. The molecule has 1 N–H and O–H groups in total. The molecule has 1 saturated heterocycles. The standard InChI is InChI=1S/C23H24N6O3/c1-31-12-10-18-14-28(11-13-32-18)23(30)16-6-8-17(9-7-16)29-15-21(25-27-29)22-19-4-2-3-5-20(19)24-26-22/h2-9,15,18H,10-14H2,1H3,(H,24,26). The number of methoxy groups -OCH3 is 1. The zero-order valence-corrected chi connectivity index (χ0v) is 17.8. The second-order valence-corrected chi connectivity index (χ2v) is 7.74. The van der Waals surface area contributed by atoms with E-state index < -0.39 is 0 Å². The molecule has 1 atom stereocenters. The van der Waals surface area contributed by atoms with E-state index in [1.165, 1.54) is 0 Å². The summed E-state index contributed by atoms with van der Waals surface area (Å²) in [6.07, 6.45) is 2.62. The molecule has 9 nitrogen and oxygen atoms in total. The third kappa shape index (κ3) is 4.00. The largest absolute Gasteiger partial charge is 0.385 e. The van der Waals surface area contributed by atoms with Crippen LogP contribution in [-0.4, -0.2) is 75.5 Å². The number of hydrogen-bond acceptors (Lipinski definition) is 6. The maximum Gasteiger partial charge on any atom is 0.254 e. The number of nitrogens with one attached hydrogen (secondary N) is 1. The smallest absolute Gasteiger partial charge is 0.254 e. The summed E-state index contributed by atoms with van der Waals surface area (Å²) in [6, 6.07) is 15.3. The van der Waals surface area contributed by atoms with Crippen LogP contribution in [0.1, 0.15) is 16.8 Å². The molecule has 0 saturated carbocycles. The number of carbonyl (C=O) groups excluding carboxylic acids is 1. The first kappa shape index (κ1) is 20.3. The van der Waals surface area contributed by atoms with Gasteiger partial charge in [0.25, 0.3) is 5.91 Å². The van der Waals surface area contributed by atoms with Gasteiger partial charge in [0, 0.05) is 37.8 Å². The van der Waals surface area contributed by atoms with Gasteiger partial charge in [-0.05, 0) is 36.8 Å². The minimum Gasteiger partial charge on any atom is -0.385 e. The van der Waals surface area contributed by atoms with E-state index in [1.54, 1.807) is 11.8 Å². The molecule has 0 radical (unpaired) electrons. The van der Waals surface area contributed by atoms with E-state index in [-0.39, 0.29) is 12.0 Å². The second-order valence-electron chi connectivity index (χ2n) is 7.74. The van der Waals surface area contributed by atoms with Crippen molar-refractivity contribution in [3.05, 3.63) is 60.3 Å². The van der Waals surface area contributed by atoms with Crippen LogP contribution in [0, 0.1) is 0 Å². The van der Waals surface area contributed by atoms with Gasteiger partial charge in [0.05, 0.1) is 30.1 Å². The first-order chi connectivity index (χ1) is 15.7. The molecule has 5 rings (SSSR count). The van der Waals surface area contributed by atoms with Crippen molar-refractivity contribution in [3.8, 4) is 17.1 Å². The number of hydrogen-bond donors (Lipinski definition) is 1. The van der Waals surface area contributed by atoms with Crippen molar-refractivity contribution < 1.29 is 14.3 Å². The van der Waals surface area contributed by atoms with Crippen LogP contribution in [0.15, 0.2) is 54.7 Å². The molecule has 1 aliphatic rings. The van der Waals surface area contributed by atoms with Crippen LogP contribution < -0.4 is 0 Å². The predicted molar refractivity (Wildman–Crippen MR) is 119 cm³/mol. The fraction of sp³-hybridized carbons (Fsp3) is 0.304. The number of ether oxygens (including phenoxy) is 2. The minimum absolute atomic E-state index is 0.00420. The van der Waals surface area contributed by atoms with Crippen molar-refractivity contribution >= 4 is 16.8 Å². The lowest BCUT2D eigenvalue weighted by molar-refractivity contribution is -0.0332. The second kappa shape index (κ2) is 8.89. The summed E-state index contributed by atoms with van der Waals surface area (Å²) in [5, 5.41) is 16.9. The maximum atomic E-state index is 12.9. The molecule has 2 aromatic heterocycles. The molecule has 1 unspecified atom stereocenters. The van der Waals surface area contributed by atoms with Gasteiger partial charge in [0.1, 0.15) is 11.4 Å². The Morgan fingerprint density at radius 1 is 1.22 bits per heavy atom. The molecule has 3 heterocycles. The Hall–Kier alpha value is -3.56. The number of aromatic amines is 1. The number of rotatable bonds is 6. The molecular formula is C23H24N6O3. The summed E-state index contributed by atoms with van der Waals surface area (Å²) in [4.78, 5) is 14.8. The van der Waals surface area contributed by atoms with E-state index >= 15 is 0 Å². The molecule has 0 aliphatic carbocycles. The molecule has 1 fully saturated rings. The van der Waals surface area contributed by atoms with Crippen LogP contribution in [0.2, 0.25) is 0 Å². The summed E-state index contributed by atoms with van der Waals surface area (Å²) in [7, 11) is 1.67. The maximum absolute atomic E-state index is 12.9. The summed E-state index contributed by atoms with van der Waals surface area (Å²) in [5.74, 6) is 0.00420. The molecular weight excluding hydrogens is 408 g/mol. The van der Waals surface area contributed by atoms with E-state index in [1.807, 2.05) is 59.6 Å². The van der Waals surface area contributed by atoms with Crippen LogP contribution in [0.4, 0.5) is 0 Å². The molecule has 0 spiro atoms. The number of morpholine rings is 1. The van der Waals surface area contributed by atoms with Gasteiger partial charge in [-0.15, -0.1) is 5.10 Å². The number of amides is 1. The van der Waals surface area contributed by atoms with Gasteiger partial charge in [-0.25, -0.2) is 4.68 Å². The first-order valence-corrected chi connectivity index (χ1v) is 10.6. The number of nitrogens with zero attached hydrogens (tertiary/aromatic N) is 5. The summed E-state index contributed by atoms with van der Waals surface area (Å²) in [6.45, 7) is 2.33. The molecule has 2 aromatic carbocycles. The van der Waals surface area contributed by atoms with E-state index in [2.05, 4.69) is 20.5 Å². The fourth-order valence-electron chi connectivity index (χ4n) is 3.92. The highest BCUT2D eigenvalue weighted by Gasteiger charge is 2.25. The summed E-state index contributed by atoms with van der Waals surface area (Å²) < 4.78 is 12.5. The van der Waals surface area contributed by atoms with Gasteiger partial charge < -0.3 is 14.4 Å². The van der Waals surface area contributed by atoms with E-state index in [9.17, 15) is 4.79 Å². The Labute approximate surface area is 184 Å². The topological polar surface area (TPSA) is 98.2 Å². The number of para-hydroxylation sites is 1. The molecule has 0 bridgehead atoms. The van der Waals surface area contributed by atoms with E-state index in [0.717, 1.165) is 28.7 Å². The van der Waals surface area contributed by atoms with Crippen LogP contribution in [0.5, 0.6) is 0 Å². The number of aromatic nitrogens is 5. The van der Waals surface area contributed by atoms with Crippen LogP contribution in [0.3, 0.4) is 0 Å². The SMILES string of the molecule is COCCC1CN(C(=O)c2ccc(-n3cc(-c4n[nH]c5ccccc45)nn3)cc2)CCO1. The molecule has 1 aliphatic heterocycles. The average Bonchev–Trinajstić information content (AvgIpc) is 3.50. The fourth-order valence-corrected chi connectivity index (χ4v) is 3.92. The molecule has 4 aromatic rings. The van der Waals surface area contributed by atoms with Gasteiger partial charge in [0.2, 0.25) is 0 Å². The number of fused-ring (bicyclic) bond motifs is 1. The van der Waals surface area contributed by atoms with Crippen LogP contribution >= 0.6 is 0 Å². The molecule has 9 heteroatoms. The Kier molecular flexibility index (Phi) is 5.66. The number of benzene rings is 2. The number of H-pyrrole nitrogens is 1. The lowest BCUT2D eigenvalue weighted by Gasteiger charge is -2.33.